The minimum absolute atomic E-state index is 0.167. The van der Waals surface area contributed by atoms with Crippen LogP contribution in [0.25, 0.3) is 0 Å². The maximum absolute atomic E-state index is 12.1. The Morgan fingerprint density at radius 2 is 2.40 bits per heavy atom. The number of tetrazole rings is 1. The fraction of sp³-hybridized carbons (Fsp3) is 0.333. The highest BCUT2D eigenvalue weighted by molar-refractivity contribution is 7.99. The van der Waals surface area contributed by atoms with Crippen molar-refractivity contribution in [2.75, 3.05) is 5.75 Å². The van der Waals surface area contributed by atoms with Gasteiger partial charge < -0.3 is 10.1 Å². The van der Waals surface area contributed by atoms with Crippen LogP contribution in [-0.4, -0.2) is 38.0 Å². The molecule has 1 N–H and O–H groups in total. The van der Waals surface area contributed by atoms with Gasteiger partial charge in [0, 0.05) is 10.6 Å². The first kappa shape index (κ1) is 12.9. The molecule has 104 valence electrons. The largest absolute Gasteiger partial charge is 0.479 e. The second kappa shape index (κ2) is 5.49. The van der Waals surface area contributed by atoms with Gasteiger partial charge in [0.05, 0.1) is 13.6 Å². The quantitative estimate of drug-likeness (QED) is 0.880. The van der Waals surface area contributed by atoms with Gasteiger partial charge in [0.2, 0.25) is 0 Å². The predicted molar refractivity (Wildman–Crippen MR) is 72.2 cm³/mol. The van der Waals surface area contributed by atoms with Crippen molar-refractivity contribution in [3.05, 3.63) is 30.1 Å². The molecule has 0 unspecified atom stereocenters. The fourth-order valence-corrected chi connectivity index (χ4v) is 2.81. The van der Waals surface area contributed by atoms with Crippen molar-refractivity contribution in [2.24, 2.45) is 7.05 Å². The molecule has 0 saturated heterocycles. The van der Waals surface area contributed by atoms with Crippen molar-refractivity contribution in [1.29, 1.82) is 0 Å². The van der Waals surface area contributed by atoms with Crippen LogP contribution in [0, 0.1) is 0 Å². The number of rotatable bonds is 3. The molecule has 0 spiro atoms. The van der Waals surface area contributed by atoms with Gasteiger partial charge in [-0.25, -0.2) is 0 Å². The molecule has 0 radical (unpaired) electrons. The van der Waals surface area contributed by atoms with Crippen molar-refractivity contribution >= 4 is 17.7 Å². The number of carbonyl (C=O) groups excluding carboxylic acids is 1. The molecule has 0 saturated carbocycles. The summed E-state index contributed by atoms with van der Waals surface area (Å²) in [4.78, 5) is 14.5. The SMILES string of the molecule is Cn1nnc(CNC(=O)[C@@H]2CSc3ccccc3O2)n1. The average molecular weight is 291 g/mol. The van der Waals surface area contributed by atoms with E-state index in [1.165, 1.54) is 4.80 Å². The summed E-state index contributed by atoms with van der Waals surface area (Å²) in [5.74, 6) is 1.65. The van der Waals surface area contributed by atoms with Crippen molar-refractivity contribution in [3.63, 3.8) is 0 Å². The van der Waals surface area contributed by atoms with E-state index in [9.17, 15) is 4.79 Å². The average Bonchev–Trinajstić information content (AvgIpc) is 2.90. The number of hydrogen-bond acceptors (Lipinski definition) is 6. The molecule has 2 aromatic rings. The third-order valence-electron chi connectivity index (χ3n) is 2.77. The summed E-state index contributed by atoms with van der Waals surface area (Å²) >= 11 is 1.62. The fourth-order valence-electron chi connectivity index (χ4n) is 1.82. The zero-order valence-electron chi connectivity index (χ0n) is 10.8. The van der Waals surface area contributed by atoms with Gasteiger partial charge in [-0.3, -0.25) is 4.79 Å². The zero-order chi connectivity index (χ0) is 13.9. The van der Waals surface area contributed by atoms with E-state index < -0.39 is 6.10 Å². The van der Waals surface area contributed by atoms with Crippen LogP contribution < -0.4 is 10.1 Å². The summed E-state index contributed by atoms with van der Waals surface area (Å²) in [6, 6.07) is 7.70. The van der Waals surface area contributed by atoms with E-state index in [0.717, 1.165) is 10.6 Å². The molecule has 1 atom stereocenters. The number of carbonyl (C=O) groups is 1. The molecular weight excluding hydrogens is 278 g/mol. The van der Waals surface area contributed by atoms with Crippen LogP contribution in [0.2, 0.25) is 0 Å². The molecule has 1 aromatic carbocycles. The first-order chi connectivity index (χ1) is 9.72. The number of nitrogens with zero attached hydrogens (tertiary/aromatic N) is 4. The Hall–Kier alpha value is -2.09. The molecule has 2 heterocycles. The number of amides is 1. The van der Waals surface area contributed by atoms with E-state index in [1.54, 1.807) is 18.8 Å². The Morgan fingerprint density at radius 3 is 3.20 bits per heavy atom. The zero-order valence-corrected chi connectivity index (χ0v) is 11.6. The number of benzene rings is 1. The number of thioether (sulfide) groups is 1. The summed E-state index contributed by atoms with van der Waals surface area (Å²) in [6.07, 6.45) is -0.494. The molecule has 20 heavy (non-hydrogen) atoms. The number of aryl methyl sites for hydroxylation is 1. The van der Waals surface area contributed by atoms with Crippen molar-refractivity contribution in [2.45, 2.75) is 17.5 Å². The maximum Gasteiger partial charge on any atom is 0.262 e. The van der Waals surface area contributed by atoms with Crippen molar-refractivity contribution < 1.29 is 9.53 Å². The number of aromatic nitrogens is 4. The monoisotopic (exact) mass is 291 g/mol. The predicted octanol–water partition coefficient (Wildman–Crippen LogP) is 0.380. The summed E-state index contributed by atoms with van der Waals surface area (Å²) in [5, 5.41) is 14.3. The number of nitrogens with one attached hydrogen (secondary N) is 1. The summed E-state index contributed by atoms with van der Waals surface area (Å²) in [6.45, 7) is 0.249. The Kier molecular flexibility index (Phi) is 3.55. The van der Waals surface area contributed by atoms with Gasteiger partial charge >= 0.3 is 0 Å². The Bertz CT molecular complexity index is 630. The number of ether oxygens (including phenoxy) is 1. The molecule has 1 amide bonds. The third kappa shape index (κ3) is 2.74. The molecular formula is C12H13N5O2S. The van der Waals surface area contributed by atoms with E-state index in [1.807, 2.05) is 24.3 Å². The molecule has 3 rings (SSSR count). The molecule has 7 nitrogen and oxygen atoms in total. The normalized spacial score (nSPS) is 17.1. The highest BCUT2D eigenvalue weighted by Crippen LogP contribution is 2.34. The topological polar surface area (TPSA) is 81.9 Å². The van der Waals surface area contributed by atoms with Crippen molar-refractivity contribution in [3.8, 4) is 5.75 Å². The van der Waals surface area contributed by atoms with Crippen LogP contribution in [0.5, 0.6) is 5.75 Å². The minimum atomic E-state index is -0.494. The van der Waals surface area contributed by atoms with Gasteiger partial charge in [-0.2, -0.15) is 4.80 Å². The van der Waals surface area contributed by atoms with Crippen LogP contribution in [0.15, 0.2) is 29.2 Å². The maximum atomic E-state index is 12.1. The molecule has 0 aliphatic carbocycles. The van der Waals surface area contributed by atoms with Gasteiger partial charge in [-0.05, 0) is 17.3 Å². The highest BCUT2D eigenvalue weighted by Gasteiger charge is 2.26. The number of hydrogen-bond donors (Lipinski definition) is 1. The Labute approximate surface area is 119 Å². The van der Waals surface area contributed by atoms with E-state index in [-0.39, 0.29) is 12.5 Å². The van der Waals surface area contributed by atoms with Gasteiger partial charge in [0.25, 0.3) is 5.91 Å². The minimum Gasteiger partial charge on any atom is -0.479 e. The molecule has 1 aliphatic rings. The lowest BCUT2D eigenvalue weighted by Crippen LogP contribution is -2.41. The van der Waals surface area contributed by atoms with E-state index >= 15 is 0 Å². The molecule has 1 aromatic heterocycles. The van der Waals surface area contributed by atoms with E-state index in [2.05, 4.69) is 20.7 Å². The van der Waals surface area contributed by atoms with E-state index in [4.69, 9.17) is 4.74 Å². The smallest absolute Gasteiger partial charge is 0.262 e. The first-order valence-corrected chi connectivity index (χ1v) is 7.10. The van der Waals surface area contributed by atoms with Crippen molar-refractivity contribution in [1.82, 2.24) is 25.5 Å². The molecule has 0 bridgehead atoms. The van der Waals surface area contributed by atoms with Crippen LogP contribution in [0.1, 0.15) is 5.82 Å². The van der Waals surface area contributed by atoms with Gasteiger partial charge in [-0.1, -0.05) is 12.1 Å². The Balaban J connectivity index is 1.59. The molecule has 0 fully saturated rings. The lowest BCUT2D eigenvalue weighted by Gasteiger charge is -2.24. The second-order valence-electron chi connectivity index (χ2n) is 4.28. The highest BCUT2D eigenvalue weighted by atomic mass is 32.2. The summed E-state index contributed by atoms with van der Waals surface area (Å²) < 4.78 is 5.69. The van der Waals surface area contributed by atoms with Crippen LogP contribution >= 0.6 is 11.8 Å². The standard InChI is InChI=1S/C12H13N5O2S/c1-17-15-11(14-16-17)6-13-12(18)9-7-20-10-5-3-2-4-8(10)19-9/h2-5,9H,6-7H2,1H3,(H,13,18)/t9-/m0/s1. The Morgan fingerprint density at radius 1 is 1.55 bits per heavy atom. The summed E-state index contributed by atoms with van der Waals surface area (Å²) in [5.41, 5.74) is 0. The summed E-state index contributed by atoms with van der Waals surface area (Å²) in [7, 11) is 1.68. The first-order valence-electron chi connectivity index (χ1n) is 6.11. The number of fused-ring (bicyclic) bond motifs is 1. The van der Waals surface area contributed by atoms with Crippen LogP contribution in [-0.2, 0) is 18.4 Å². The van der Waals surface area contributed by atoms with Gasteiger partial charge in [0.1, 0.15) is 5.75 Å². The number of para-hydroxylation sites is 1. The molecule has 8 heteroatoms. The van der Waals surface area contributed by atoms with E-state index in [0.29, 0.717) is 11.6 Å². The van der Waals surface area contributed by atoms with Crippen LogP contribution in [0.4, 0.5) is 0 Å². The third-order valence-corrected chi connectivity index (χ3v) is 3.89. The van der Waals surface area contributed by atoms with Crippen LogP contribution in [0.3, 0.4) is 0 Å². The second-order valence-corrected chi connectivity index (χ2v) is 5.34. The van der Waals surface area contributed by atoms with Gasteiger partial charge in [-0.15, -0.1) is 22.0 Å². The van der Waals surface area contributed by atoms with Gasteiger partial charge in [0.15, 0.2) is 11.9 Å². The molecule has 1 aliphatic heterocycles. The lowest BCUT2D eigenvalue weighted by molar-refractivity contribution is -0.127. The lowest BCUT2D eigenvalue weighted by atomic mass is 10.3.